The molecule has 1 aliphatic heterocycles. The molecule has 1 N–H and O–H groups in total. The van der Waals surface area contributed by atoms with E-state index in [4.69, 9.17) is 0 Å². The van der Waals surface area contributed by atoms with E-state index in [2.05, 4.69) is 4.98 Å². The van der Waals surface area contributed by atoms with Gasteiger partial charge in [0, 0.05) is 11.9 Å². The lowest BCUT2D eigenvalue weighted by molar-refractivity contribution is -0.142. The highest BCUT2D eigenvalue weighted by molar-refractivity contribution is 5.78. The van der Waals surface area contributed by atoms with Crippen molar-refractivity contribution in [2.24, 2.45) is 0 Å². The van der Waals surface area contributed by atoms with Crippen LogP contribution in [0.25, 0.3) is 10.9 Å². The van der Waals surface area contributed by atoms with E-state index in [0.717, 1.165) is 36.0 Å². The number of carboxylic acid groups (broad SMARTS) is 1. The van der Waals surface area contributed by atoms with Crippen molar-refractivity contribution in [1.29, 1.82) is 0 Å². The van der Waals surface area contributed by atoms with E-state index in [-0.39, 0.29) is 6.04 Å². The number of aromatic nitrogens is 1. The number of likely N-dealkylation sites (tertiary alicyclic amines) is 1. The fourth-order valence-electron chi connectivity index (χ4n) is 2.70. The van der Waals surface area contributed by atoms with Crippen LogP contribution in [0, 0.1) is 0 Å². The number of rotatable bonds is 3. The molecule has 0 aliphatic carbocycles. The molecule has 1 atom stereocenters. The lowest BCUT2D eigenvalue weighted by Gasteiger charge is -2.20. The predicted octanol–water partition coefficient (Wildman–Crippen LogP) is 2.28. The Kier molecular flexibility index (Phi) is 3.17. The minimum atomic E-state index is -0.724. The van der Waals surface area contributed by atoms with Gasteiger partial charge in [-0.2, -0.15) is 0 Å². The molecule has 0 saturated carbocycles. The van der Waals surface area contributed by atoms with Crippen LogP contribution in [0.15, 0.2) is 36.4 Å². The number of carbonyl (C=O) groups is 1. The van der Waals surface area contributed by atoms with Gasteiger partial charge in [0.2, 0.25) is 0 Å². The summed E-state index contributed by atoms with van der Waals surface area (Å²) in [6.07, 6.45) is 1.69. The van der Waals surface area contributed by atoms with Gasteiger partial charge in [0.15, 0.2) is 0 Å². The van der Waals surface area contributed by atoms with Crippen LogP contribution >= 0.6 is 0 Å². The van der Waals surface area contributed by atoms with E-state index >= 15 is 0 Å². The first kappa shape index (κ1) is 12.1. The van der Waals surface area contributed by atoms with Crippen molar-refractivity contribution in [2.45, 2.75) is 25.4 Å². The standard InChI is InChI=1S/C15H16N2O2/c18-15(19)14-6-3-9-17(14)10-12-8-7-11-4-1-2-5-13(11)16-12/h1-2,4-5,7-8,14H,3,6,9-10H2,(H,18,19)/t14-/m0/s1. The maximum absolute atomic E-state index is 11.2. The lowest BCUT2D eigenvalue weighted by atomic mass is 10.2. The van der Waals surface area contributed by atoms with Gasteiger partial charge in [0.25, 0.3) is 0 Å². The van der Waals surface area contributed by atoms with Crippen molar-refractivity contribution in [3.05, 3.63) is 42.1 Å². The maximum atomic E-state index is 11.2. The molecule has 0 bridgehead atoms. The van der Waals surface area contributed by atoms with Crippen LogP contribution in [-0.2, 0) is 11.3 Å². The topological polar surface area (TPSA) is 53.4 Å². The number of nitrogens with zero attached hydrogens (tertiary/aromatic N) is 2. The molecule has 1 saturated heterocycles. The van der Waals surface area contributed by atoms with E-state index in [1.54, 1.807) is 0 Å². The van der Waals surface area contributed by atoms with Crippen LogP contribution < -0.4 is 0 Å². The first-order valence-corrected chi connectivity index (χ1v) is 6.55. The zero-order valence-corrected chi connectivity index (χ0v) is 10.6. The molecule has 2 heterocycles. The monoisotopic (exact) mass is 256 g/mol. The average molecular weight is 256 g/mol. The number of hydrogen-bond donors (Lipinski definition) is 1. The highest BCUT2D eigenvalue weighted by Gasteiger charge is 2.30. The van der Waals surface area contributed by atoms with Gasteiger partial charge in [-0.1, -0.05) is 24.3 Å². The molecule has 1 fully saturated rings. The summed E-state index contributed by atoms with van der Waals surface area (Å²) >= 11 is 0. The third-order valence-corrected chi connectivity index (χ3v) is 3.67. The maximum Gasteiger partial charge on any atom is 0.320 e. The van der Waals surface area contributed by atoms with Crippen LogP contribution in [0.4, 0.5) is 0 Å². The number of benzene rings is 1. The molecule has 0 unspecified atom stereocenters. The Morgan fingerprint density at radius 2 is 2.16 bits per heavy atom. The summed E-state index contributed by atoms with van der Waals surface area (Å²) in [6.45, 7) is 1.45. The summed E-state index contributed by atoms with van der Waals surface area (Å²) < 4.78 is 0. The number of carboxylic acids is 1. The Bertz CT molecular complexity index is 612. The summed E-state index contributed by atoms with van der Waals surface area (Å²) in [5.41, 5.74) is 1.90. The summed E-state index contributed by atoms with van der Waals surface area (Å²) in [5.74, 6) is -0.724. The van der Waals surface area contributed by atoms with E-state index in [9.17, 15) is 9.90 Å². The minimum Gasteiger partial charge on any atom is -0.480 e. The highest BCUT2D eigenvalue weighted by atomic mass is 16.4. The van der Waals surface area contributed by atoms with E-state index in [1.807, 2.05) is 41.3 Å². The van der Waals surface area contributed by atoms with Gasteiger partial charge >= 0.3 is 5.97 Å². The fraction of sp³-hybridized carbons (Fsp3) is 0.333. The van der Waals surface area contributed by atoms with Gasteiger partial charge in [-0.05, 0) is 31.5 Å². The van der Waals surface area contributed by atoms with Gasteiger partial charge < -0.3 is 5.11 Å². The van der Waals surface area contributed by atoms with E-state index < -0.39 is 5.97 Å². The zero-order valence-electron chi connectivity index (χ0n) is 10.6. The molecule has 0 amide bonds. The second kappa shape index (κ2) is 4.97. The molecule has 2 aromatic rings. The van der Waals surface area contributed by atoms with Crippen molar-refractivity contribution in [2.75, 3.05) is 6.54 Å². The lowest BCUT2D eigenvalue weighted by Crippen LogP contribution is -2.35. The third-order valence-electron chi connectivity index (χ3n) is 3.67. The van der Waals surface area contributed by atoms with Gasteiger partial charge in [0.05, 0.1) is 11.2 Å². The number of pyridine rings is 1. The first-order chi connectivity index (χ1) is 9.24. The zero-order chi connectivity index (χ0) is 13.2. The van der Waals surface area contributed by atoms with E-state index in [1.165, 1.54) is 0 Å². The molecule has 0 spiro atoms. The summed E-state index contributed by atoms with van der Waals surface area (Å²) in [4.78, 5) is 17.7. The molecule has 1 aromatic heterocycles. The fourth-order valence-corrected chi connectivity index (χ4v) is 2.70. The average Bonchev–Trinajstić information content (AvgIpc) is 2.87. The smallest absolute Gasteiger partial charge is 0.320 e. The predicted molar refractivity (Wildman–Crippen MR) is 72.8 cm³/mol. The Hall–Kier alpha value is -1.94. The van der Waals surface area contributed by atoms with Gasteiger partial charge in [-0.3, -0.25) is 14.7 Å². The summed E-state index contributed by atoms with van der Waals surface area (Å²) in [6, 6.07) is 11.6. The Morgan fingerprint density at radius 1 is 1.32 bits per heavy atom. The number of aliphatic carboxylic acids is 1. The molecule has 4 heteroatoms. The third kappa shape index (κ3) is 2.44. The molecule has 1 aliphatic rings. The van der Waals surface area contributed by atoms with Crippen LogP contribution in [0.2, 0.25) is 0 Å². The normalized spacial score (nSPS) is 19.9. The Balaban J connectivity index is 1.83. The molecule has 0 radical (unpaired) electrons. The van der Waals surface area contributed by atoms with Gasteiger partial charge in [-0.15, -0.1) is 0 Å². The molecule has 3 rings (SSSR count). The van der Waals surface area contributed by atoms with E-state index in [0.29, 0.717) is 6.54 Å². The largest absolute Gasteiger partial charge is 0.480 e. The molecule has 4 nitrogen and oxygen atoms in total. The quantitative estimate of drug-likeness (QED) is 0.915. The first-order valence-electron chi connectivity index (χ1n) is 6.55. The SMILES string of the molecule is O=C(O)[C@@H]1CCCN1Cc1ccc2ccccc2n1. The van der Waals surface area contributed by atoms with Gasteiger partial charge in [0.1, 0.15) is 6.04 Å². The molecule has 19 heavy (non-hydrogen) atoms. The number of fused-ring (bicyclic) bond motifs is 1. The van der Waals surface area contributed by atoms with Crippen LogP contribution in [0.1, 0.15) is 18.5 Å². The summed E-state index contributed by atoms with van der Waals surface area (Å²) in [7, 11) is 0. The second-order valence-electron chi connectivity index (χ2n) is 4.96. The molecular formula is C15H16N2O2. The van der Waals surface area contributed by atoms with Crippen LogP contribution in [0.5, 0.6) is 0 Å². The molecule has 1 aromatic carbocycles. The van der Waals surface area contributed by atoms with Crippen molar-refractivity contribution in [3.8, 4) is 0 Å². The Morgan fingerprint density at radius 3 is 3.00 bits per heavy atom. The van der Waals surface area contributed by atoms with Crippen molar-refractivity contribution < 1.29 is 9.90 Å². The van der Waals surface area contributed by atoms with Crippen molar-refractivity contribution >= 4 is 16.9 Å². The highest BCUT2D eigenvalue weighted by Crippen LogP contribution is 2.20. The minimum absolute atomic E-state index is 0.353. The molecule has 98 valence electrons. The van der Waals surface area contributed by atoms with Crippen LogP contribution in [-0.4, -0.2) is 33.5 Å². The van der Waals surface area contributed by atoms with Crippen molar-refractivity contribution in [3.63, 3.8) is 0 Å². The second-order valence-corrected chi connectivity index (χ2v) is 4.96. The summed E-state index contributed by atoms with van der Waals surface area (Å²) in [5, 5.41) is 10.3. The Labute approximate surface area is 111 Å². The van der Waals surface area contributed by atoms with Crippen LogP contribution in [0.3, 0.4) is 0 Å². The molecular weight excluding hydrogens is 240 g/mol. The van der Waals surface area contributed by atoms with Crippen molar-refractivity contribution in [1.82, 2.24) is 9.88 Å². The number of hydrogen-bond acceptors (Lipinski definition) is 3. The number of para-hydroxylation sites is 1. The van der Waals surface area contributed by atoms with Gasteiger partial charge in [-0.25, -0.2) is 0 Å².